The van der Waals surface area contributed by atoms with E-state index in [2.05, 4.69) is 12.2 Å². The Hall–Kier alpha value is -0.0400. The lowest BCUT2D eigenvalue weighted by Crippen LogP contribution is -2.60. The van der Waals surface area contributed by atoms with E-state index in [0.29, 0.717) is 0 Å². The Morgan fingerprint density at radius 2 is 2.10 bits per heavy atom. The second kappa shape index (κ2) is 2.23. The lowest BCUT2D eigenvalue weighted by atomic mass is 9.58. The first-order chi connectivity index (χ1) is 4.85. The zero-order chi connectivity index (χ0) is 7.03. The molecule has 58 valence electrons. The molecule has 0 aromatic heterocycles. The van der Waals surface area contributed by atoms with Gasteiger partial charge in [0.2, 0.25) is 0 Å². The van der Waals surface area contributed by atoms with Gasteiger partial charge in [0.1, 0.15) is 0 Å². The fourth-order valence-electron chi connectivity index (χ4n) is 2.54. The number of rotatable bonds is 2. The molecule has 1 heterocycles. The minimum absolute atomic E-state index is 0.805. The van der Waals surface area contributed by atoms with Gasteiger partial charge in [-0.05, 0) is 24.2 Å². The predicted molar refractivity (Wildman–Crippen MR) is 42.9 cm³/mol. The van der Waals surface area contributed by atoms with Gasteiger partial charge in [0.05, 0.1) is 0 Å². The lowest BCUT2D eigenvalue weighted by Gasteiger charge is -2.54. The Morgan fingerprint density at radius 1 is 1.40 bits per heavy atom. The normalized spacial score (nSPS) is 29.7. The highest BCUT2D eigenvalue weighted by atomic mass is 15.0. The van der Waals surface area contributed by atoms with Crippen molar-refractivity contribution >= 4 is 0 Å². The van der Waals surface area contributed by atoms with E-state index in [4.69, 9.17) is 0 Å². The number of nitrogens with one attached hydrogen (secondary N) is 1. The second-order valence-electron chi connectivity index (χ2n) is 4.17. The van der Waals surface area contributed by atoms with E-state index in [9.17, 15) is 0 Å². The zero-order valence-corrected chi connectivity index (χ0v) is 6.82. The standard InChI is InChI=1S/C9H17N/c1-2-3-8-4-9(5-8)6-10-7-9/h8,10H,2-7H2,1H3. The molecule has 2 aliphatic rings. The van der Waals surface area contributed by atoms with E-state index in [1.807, 2.05) is 0 Å². The topological polar surface area (TPSA) is 12.0 Å². The van der Waals surface area contributed by atoms with Crippen LogP contribution in [0.3, 0.4) is 0 Å². The molecule has 1 saturated heterocycles. The summed E-state index contributed by atoms with van der Waals surface area (Å²) in [4.78, 5) is 0. The van der Waals surface area contributed by atoms with E-state index in [0.717, 1.165) is 11.3 Å². The van der Waals surface area contributed by atoms with Crippen molar-refractivity contribution in [3.8, 4) is 0 Å². The Morgan fingerprint density at radius 3 is 2.50 bits per heavy atom. The molecular weight excluding hydrogens is 122 g/mol. The largest absolute Gasteiger partial charge is 0.316 e. The van der Waals surface area contributed by atoms with Crippen LogP contribution in [0.15, 0.2) is 0 Å². The van der Waals surface area contributed by atoms with E-state index in [-0.39, 0.29) is 0 Å². The third-order valence-electron chi connectivity index (χ3n) is 3.14. The summed E-state index contributed by atoms with van der Waals surface area (Å²) in [7, 11) is 0. The van der Waals surface area contributed by atoms with E-state index < -0.39 is 0 Å². The molecule has 0 unspecified atom stereocenters. The molecule has 2 rings (SSSR count). The first-order valence-corrected chi connectivity index (χ1v) is 4.55. The van der Waals surface area contributed by atoms with Crippen molar-refractivity contribution < 1.29 is 0 Å². The summed E-state index contributed by atoms with van der Waals surface area (Å²) >= 11 is 0. The van der Waals surface area contributed by atoms with Gasteiger partial charge in [0.15, 0.2) is 0 Å². The van der Waals surface area contributed by atoms with Crippen LogP contribution in [-0.4, -0.2) is 13.1 Å². The number of hydrogen-bond acceptors (Lipinski definition) is 1. The van der Waals surface area contributed by atoms with Gasteiger partial charge in [-0.1, -0.05) is 19.8 Å². The Kier molecular flexibility index (Phi) is 1.48. The van der Waals surface area contributed by atoms with Crippen molar-refractivity contribution in [2.24, 2.45) is 11.3 Å². The fourth-order valence-corrected chi connectivity index (χ4v) is 2.54. The van der Waals surface area contributed by atoms with Gasteiger partial charge in [-0.3, -0.25) is 0 Å². The van der Waals surface area contributed by atoms with Gasteiger partial charge < -0.3 is 5.32 Å². The lowest BCUT2D eigenvalue weighted by molar-refractivity contribution is -0.00346. The molecule has 1 aliphatic carbocycles. The van der Waals surface area contributed by atoms with E-state index in [1.165, 1.54) is 38.8 Å². The smallest absolute Gasteiger partial charge is 0.00204 e. The molecule has 1 saturated carbocycles. The second-order valence-corrected chi connectivity index (χ2v) is 4.17. The highest BCUT2D eigenvalue weighted by Gasteiger charge is 2.47. The maximum Gasteiger partial charge on any atom is 0.00204 e. The molecule has 0 atom stereocenters. The molecule has 0 bridgehead atoms. The average molecular weight is 139 g/mol. The molecule has 0 aromatic carbocycles. The quantitative estimate of drug-likeness (QED) is 0.615. The Bertz CT molecular complexity index is 119. The van der Waals surface area contributed by atoms with Crippen molar-refractivity contribution in [2.45, 2.75) is 32.6 Å². The summed E-state index contributed by atoms with van der Waals surface area (Å²) in [5.74, 6) is 1.09. The van der Waals surface area contributed by atoms with Gasteiger partial charge in [-0.25, -0.2) is 0 Å². The summed E-state index contributed by atoms with van der Waals surface area (Å²) in [5.41, 5.74) is 0.805. The van der Waals surface area contributed by atoms with Crippen molar-refractivity contribution in [2.75, 3.05) is 13.1 Å². The highest BCUT2D eigenvalue weighted by Crippen LogP contribution is 2.49. The van der Waals surface area contributed by atoms with Gasteiger partial charge in [0.25, 0.3) is 0 Å². The van der Waals surface area contributed by atoms with Crippen molar-refractivity contribution in [1.82, 2.24) is 5.32 Å². The molecule has 1 nitrogen and oxygen atoms in total. The average Bonchev–Trinajstić information content (AvgIpc) is 1.72. The molecular formula is C9H17N. The fraction of sp³-hybridized carbons (Fsp3) is 1.00. The Balaban J connectivity index is 1.72. The maximum atomic E-state index is 3.37. The van der Waals surface area contributed by atoms with Crippen molar-refractivity contribution in [3.05, 3.63) is 0 Å². The molecule has 2 fully saturated rings. The highest BCUT2D eigenvalue weighted by molar-refractivity contribution is 5.02. The van der Waals surface area contributed by atoms with Crippen LogP contribution < -0.4 is 5.32 Å². The van der Waals surface area contributed by atoms with Crippen molar-refractivity contribution in [1.29, 1.82) is 0 Å². The summed E-state index contributed by atoms with van der Waals surface area (Å²) < 4.78 is 0. The van der Waals surface area contributed by atoms with E-state index in [1.54, 1.807) is 0 Å². The molecule has 1 heteroatoms. The molecule has 1 spiro atoms. The van der Waals surface area contributed by atoms with Crippen LogP contribution in [0.25, 0.3) is 0 Å². The van der Waals surface area contributed by atoms with Gasteiger partial charge in [0, 0.05) is 13.1 Å². The van der Waals surface area contributed by atoms with Crippen LogP contribution in [0.5, 0.6) is 0 Å². The van der Waals surface area contributed by atoms with Crippen LogP contribution in [-0.2, 0) is 0 Å². The minimum atomic E-state index is 0.805. The molecule has 1 aliphatic heterocycles. The van der Waals surface area contributed by atoms with Crippen molar-refractivity contribution in [3.63, 3.8) is 0 Å². The first-order valence-electron chi connectivity index (χ1n) is 4.55. The van der Waals surface area contributed by atoms with Crippen LogP contribution in [0.1, 0.15) is 32.6 Å². The van der Waals surface area contributed by atoms with Gasteiger partial charge in [-0.2, -0.15) is 0 Å². The Labute approximate surface area is 63.2 Å². The van der Waals surface area contributed by atoms with Gasteiger partial charge in [-0.15, -0.1) is 0 Å². The van der Waals surface area contributed by atoms with E-state index >= 15 is 0 Å². The molecule has 1 N–H and O–H groups in total. The predicted octanol–water partition coefficient (Wildman–Crippen LogP) is 1.79. The summed E-state index contributed by atoms with van der Waals surface area (Å²) in [6.45, 7) is 4.92. The zero-order valence-electron chi connectivity index (χ0n) is 6.82. The van der Waals surface area contributed by atoms with Gasteiger partial charge >= 0.3 is 0 Å². The third kappa shape index (κ3) is 0.878. The molecule has 0 radical (unpaired) electrons. The van der Waals surface area contributed by atoms with Crippen LogP contribution in [0, 0.1) is 11.3 Å². The maximum absolute atomic E-state index is 3.37. The third-order valence-corrected chi connectivity index (χ3v) is 3.14. The molecule has 0 amide bonds. The summed E-state index contributed by atoms with van der Waals surface area (Å²) in [6.07, 6.45) is 5.90. The molecule has 10 heavy (non-hydrogen) atoms. The molecule has 0 aromatic rings. The summed E-state index contributed by atoms with van der Waals surface area (Å²) in [6, 6.07) is 0. The number of hydrogen-bond donors (Lipinski definition) is 1. The monoisotopic (exact) mass is 139 g/mol. The van der Waals surface area contributed by atoms with Crippen LogP contribution in [0.4, 0.5) is 0 Å². The van der Waals surface area contributed by atoms with Crippen LogP contribution in [0.2, 0.25) is 0 Å². The van der Waals surface area contributed by atoms with Crippen LogP contribution >= 0.6 is 0 Å². The minimum Gasteiger partial charge on any atom is -0.316 e. The first kappa shape index (κ1) is 6.66. The summed E-state index contributed by atoms with van der Waals surface area (Å²) in [5, 5.41) is 3.37. The SMILES string of the molecule is CCCC1CC2(CNC2)C1.